The maximum Gasteiger partial charge on any atom is 0.132 e. The normalized spacial score (nSPS) is 17.7. The van der Waals surface area contributed by atoms with E-state index in [-0.39, 0.29) is 0 Å². The molecule has 0 aromatic carbocycles. The van der Waals surface area contributed by atoms with Crippen molar-refractivity contribution >= 4 is 17.3 Å². The summed E-state index contributed by atoms with van der Waals surface area (Å²) < 4.78 is 0. The van der Waals surface area contributed by atoms with Crippen LogP contribution in [0.1, 0.15) is 37.7 Å². The topological polar surface area (TPSA) is 24.9 Å². The van der Waals surface area contributed by atoms with Crippen molar-refractivity contribution in [3.63, 3.8) is 0 Å². The number of hydrogen-bond acceptors (Lipinski definition) is 2. The largest absolute Gasteiger partial charge is 0.381 e. The maximum absolute atomic E-state index is 5.88. The lowest BCUT2D eigenvalue weighted by Crippen LogP contribution is -2.22. The van der Waals surface area contributed by atoms with Crippen molar-refractivity contribution in [1.82, 2.24) is 4.98 Å². The first-order chi connectivity index (χ1) is 7.25. The van der Waals surface area contributed by atoms with Gasteiger partial charge in [0.1, 0.15) is 5.15 Å². The number of rotatable bonds is 2. The van der Waals surface area contributed by atoms with E-state index in [0.717, 1.165) is 11.3 Å². The minimum Gasteiger partial charge on any atom is -0.381 e. The first-order valence-electron chi connectivity index (χ1n) is 5.64. The van der Waals surface area contributed by atoms with Gasteiger partial charge in [-0.25, -0.2) is 4.98 Å². The van der Waals surface area contributed by atoms with Crippen LogP contribution in [0.2, 0.25) is 5.15 Å². The quantitative estimate of drug-likeness (QED) is 0.774. The molecule has 0 radical (unpaired) electrons. The van der Waals surface area contributed by atoms with Crippen LogP contribution in [0.15, 0.2) is 12.3 Å². The molecule has 1 aliphatic carbocycles. The molecule has 0 aliphatic heterocycles. The third-order valence-corrected chi connectivity index (χ3v) is 3.39. The van der Waals surface area contributed by atoms with Crippen molar-refractivity contribution in [2.24, 2.45) is 0 Å². The number of halogens is 1. The molecule has 1 saturated carbocycles. The van der Waals surface area contributed by atoms with Crippen LogP contribution in [0.3, 0.4) is 0 Å². The van der Waals surface area contributed by atoms with Crippen molar-refractivity contribution in [2.45, 2.75) is 45.1 Å². The van der Waals surface area contributed by atoms with Crippen molar-refractivity contribution in [3.05, 3.63) is 23.0 Å². The molecular formula is C12H17ClN2. The first-order valence-corrected chi connectivity index (χ1v) is 6.02. The van der Waals surface area contributed by atoms with Gasteiger partial charge >= 0.3 is 0 Å². The van der Waals surface area contributed by atoms with Crippen LogP contribution in [-0.4, -0.2) is 11.0 Å². The average molecular weight is 225 g/mol. The third-order valence-electron chi connectivity index (χ3n) is 2.99. The fraction of sp³-hybridized carbons (Fsp3) is 0.583. The van der Waals surface area contributed by atoms with Crippen molar-refractivity contribution < 1.29 is 0 Å². The SMILES string of the molecule is Cc1cc(NC2CCCCC2)cnc1Cl. The van der Waals surface area contributed by atoms with E-state index in [1.165, 1.54) is 32.1 Å². The monoisotopic (exact) mass is 224 g/mol. The summed E-state index contributed by atoms with van der Waals surface area (Å²) >= 11 is 5.88. The van der Waals surface area contributed by atoms with E-state index in [9.17, 15) is 0 Å². The van der Waals surface area contributed by atoms with Crippen LogP contribution in [0.25, 0.3) is 0 Å². The van der Waals surface area contributed by atoms with Gasteiger partial charge in [-0.3, -0.25) is 0 Å². The van der Waals surface area contributed by atoms with Gasteiger partial charge in [0, 0.05) is 6.04 Å². The lowest BCUT2D eigenvalue weighted by molar-refractivity contribution is 0.462. The van der Waals surface area contributed by atoms with E-state index in [0.29, 0.717) is 11.2 Å². The number of pyridine rings is 1. The number of aryl methyl sites for hydroxylation is 1. The van der Waals surface area contributed by atoms with E-state index in [4.69, 9.17) is 11.6 Å². The second-order valence-corrected chi connectivity index (χ2v) is 4.67. The summed E-state index contributed by atoms with van der Waals surface area (Å²) in [5.74, 6) is 0. The summed E-state index contributed by atoms with van der Waals surface area (Å²) in [6, 6.07) is 2.70. The van der Waals surface area contributed by atoms with Gasteiger partial charge in [0.15, 0.2) is 0 Å². The highest BCUT2D eigenvalue weighted by molar-refractivity contribution is 6.30. The first kappa shape index (κ1) is 10.7. The summed E-state index contributed by atoms with van der Waals surface area (Å²) in [6.45, 7) is 1.99. The Bertz CT molecular complexity index is 332. The van der Waals surface area contributed by atoms with Gasteiger partial charge in [-0.2, -0.15) is 0 Å². The van der Waals surface area contributed by atoms with Crippen LogP contribution >= 0.6 is 11.6 Å². The molecule has 2 rings (SSSR count). The smallest absolute Gasteiger partial charge is 0.132 e. The zero-order chi connectivity index (χ0) is 10.7. The molecule has 1 aromatic heterocycles. The van der Waals surface area contributed by atoms with Crippen LogP contribution in [0.5, 0.6) is 0 Å². The van der Waals surface area contributed by atoms with Gasteiger partial charge < -0.3 is 5.32 Å². The molecule has 1 fully saturated rings. The minimum absolute atomic E-state index is 0.601. The van der Waals surface area contributed by atoms with E-state index >= 15 is 0 Å². The highest BCUT2D eigenvalue weighted by atomic mass is 35.5. The van der Waals surface area contributed by atoms with E-state index in [1.54, 1.807) is 0 Å². The molecule has 3 heteroatoms. The molecule has 1 N–H and O–H groups in total. The predicted molar refractivity (Wildman–Crippen MR) is 64.5 cm³/mol. The molecule has 1 aliphatic rings. The minimum atomic E-state index is 0.601. The van der Waals surface area contributed by atoms with Gasteiger partial charge in [-0.15, -0.1) is 0 Å². The summed E-state index contributed by atoms with van der Waals surface area (Å²) in [7, 11) is 0. The standard InChI is InChI=1S/C12H17ClN2/c1-9-7-11(8-14-12(9)13)15-10-5-3-2-4-6-10/h7-8,10,15H,2-6H2,1H3. The lowest BCUT2D eigenvalue weighted by Gasteiger charge is -2.23. The Morgan fingerprint density at radius 3 is 2.73 bits per heavy atom. The number of nitrogens with zero attached hydrogens (tertiary/aromatic N) is 1. The molecule has 15 heavy (non-hydrogen) atoms. The van der Waals surface area contributed by atoms with Crippen molar-refractivity contribution in [1.29, 1.82) is 0 Å². The van der Waals surface area contributed by atoms with Gasteiger partial charge in [-0.1, -0.05) is 30.9 Å². The number of anilines is 1. The predicted octanol–water partition coefficient (Wildman–Crippen LogP) is 3.79. The summed E-state index contributed by atoms with van der Waals surface area (Å²) in [5, 5.41) is 4.13. The molecular weight excluding hydrogens is 208 g/mol. The molecule has 0 atom stereocenters. The highest BCUT2D eigenvalue weighted by Gasteiger charge is 2.13. The van der Waals surface area contributed by atoms with Crippen molar-refractivity contribution in [3.8, 4) is 0 Å². The molecule has 0 amide bonds. The van der Waals surface area contributed by atoms with Gasteiger partial charge in [0.25, 0.3) is 0 Å². The number of nitrogens with one attached hydrogen (secondary N) is 1. The second kappa shape index (κ2) is 4.84. The zero-order valence-electron chi connectivity index (χ0n) is 9.09. The van der Waals surface area contributed by atoms with Crippen LogP contribution < -0.4 is 5.32 Å². The molecule has 1 heterocycles. The van der Waals surface area contributed by atoms with E-state index in [2.05, 4.69) is 16.4 Å². The van der Waals surface area contributed by atoms with Crippen molar-refractivity contribution in [2.75, 3.05) is 5.32 Å². The van der Waals surface area contributed by atoms with E-state index < -0.39 is 0 Å². The molecule has 82 valence electrons. The average Bonchev–Trinajstić information content (AvgIpc) is 2.25. The van der Waals surface area contributed by atoms with Crippen LogP contribution in [-0.2, 0) is 0 Å². The van der Waals surface area contributed by atoms with Crippen LogP contribution in [0.4, 0.5) is 5.69 Å². The Labute approximate surface area is 96.1 Å². The summed E-state index contributed by atoms with van der Waals surface area (Å²) in [6.07, 6.45) is 8.46. The Morgan fingerprint density at radius 1 is 1.33 bits per heavy atom. The maximum atomic E-state index is 5.88. The van der Waals surface area contributed by atoms with Crippen LogP contribution in [0, 0.1) is 6.92 Å². The highest BCUT2D eigenvalue weighted by Crippen LogP contribution is 2.23. The van der Waals surface area contributed by atoms with Gasteiger partial charge in [-0.05, 0) is 31.4 Å². The fourth-order valence-corrected chi connectivity index (χ4v) is 2.22. The molecule has 1 aromatic rings. The molecule has 0 saturated heterocycles. The Morgan fingerprint density at radius 2 is 2.07 bits per heavy atom. The molecule has 2 nitrogen and oxygen atoms in total. The third kappa shape index (κ3) is 2.85. The lowest BCUT2D eigenvalue weighted by atomic mass is 9.95. The fourth-order valence-electron chi connectivity index (χ4n) is 2.12. The zero-order valence-corrected chi connectivity index (χ0v) is 9.85. The summed E-state index contributed by atoms with van der Waals surface area (Å²) in [4.78, 5) is 4.15. The number of hydrogen-bond donors (Lipinski definition) is 1. The van der Waals surface area contributed by atoms with Gasteiger partial charge in [0.05, 0.1) is 11.9 Å². The second-order valence-electron chi connectivity index (χ2n) is 4.31. The Balaban J connectivity index is 2.00. The summed E-state index contributed by atoms with van der Waals surface area (Å²) in [5.41, 5.74) is 2.14. The molecule has 0 bridgehead atoms. The Hall–Kier alpha value is -0.760. The molecule has 0 spiro atoms. The Kier molecular flexibility index (Phi) is 3.47. The van der Waals surface area contributed by atoms with Gasteiger partial charge in [0.2, 0.25) is 0 Å². The molecule has 0 unspecified atom stereocenters. The number of aromatic nitrogens is 1. The van der Waals surface area contributed by atoms with E-state index in [1.807, 2.05) is 13.1 Å².